The molecule has 7 heteroatoms. The predicted octanol–water partition coefficient (Wildman–Crippen LogP) is 2.96. The summed E-state index contributed by atoms with van der Waals surface area (Å²) in [5.41, 5.74) is 4.97. The van der Waals surface area contributed by atoms with Gasteiger partial charge in [-0.2, -0.15) is 0 Å². The third-order valence-electron chi connectivity index (χ3n) is 3.55. The van der Waals surface area contributed by atoms with E-state index >= 15 is 0 Å². The van der Waals surface area contributed by atoms with E-state index in [0.29, 0.717) is 19.5 Å². The second kappa shape index (κ2) is 5.38. The van der Waals surface area contributed by atoms with Crippen LogP contribution in [-0.2, 0) is 0 Å². The molecule has 106 valence electrons. The second-order valence-corrected chi connectivity index (χ2v) is 5.57. The van der Waals surface area contributed by atoms with Crippen LogP contribution in [0.15, 0.2) is 4.47 Å². The Morgan fingerprint density at radius 2 is 1.68 bits per heavy atom. The summed E-state index contributed by atoms with van der Waals surface area (Å²) < 4.78 is 54.0. The highest BCUT2D eigenvalue weighted by atomic mass is 79.9. The first-order chi connectivity index (χ1) is 8.88. The molecule has 0 amide bonds. The first-order valence-electron chi connectivity index (χ1n) is 5.80. The molecule has 2 rings (SSSR count). The zero-order valence-corrected chi connectivity index (χ0v) is 11.8. The van der Waals surface area contributed by atoms with E-state index in [-0.39, 0.29) is 5.92 Å². The molecule has 0 aromatic heterocycles. The van der Waals surface area contributed by atoms with Gasteiger partial charge in [-0.1, -0.05) is 0 Å². The minimum Gasteiger partial charge on any atom is -0.330 e. The topological polar surface area (TPSA) is 29.3 Å². The average molecular weight is 341 g/mol. The van der Waals surface area contributed by atoms with Crippen LogP contribution in [0.3, 0.4) is 0 Å². The summed E-state index contributed by atoms with van der Waals surface area (Å²) in [5, 5.41) is 0. The van der Waals surface area contributed by atoms with Crippen molar-refractivity contribution < 1.29 is 17.6 Å². The van der Waals surface area contributed by atoms with Crippen LogP contribution >= 0.6 is 15.9 Å². The third-order valence-corrected chi connectivity index (χ3v) is 4.24. The van der Waals surface area contributed by atoms with Crippen molar-refractivity contribution in [2.45, 2.75) is 12.5 Å². The zero-order chi connectivity index (χ0) is 14.3. The molecule has 2 atom stereocenters. The van der Waals surface area contributed by atoms with Crippen LogP contribution < -0.4 is 5.73 Å². The Kier molecular flexibility index (Phi) is 4.17. The smallest absolute Gasteiger partial charge is 0.176 e. The molecule has 1 aromatic carbocycles. The predicted molar refractivity (Wildman–Crippen MR) is 66.5 cm³/mol. The second-order valence-electron chi connectivity index (χ2n) is 4.78. The van der Waals surface area contributed by atoms with Gasteiger partial charge in [0.25, 0.3) is 0 Å². The van der Waals surface area contributed by atoms with E-state index in [0.717, 1.165) is 0 Å². The van der Waals surface area contributed by atoms with Gasteiger partial charge in [-0.25, -0.2) is 17.6 Å². The van der Waals surface area contributed by atoms with E-state index in [9.17, 15) is 17.6 Å². The number of rotatable bonds is 2. The molecule has 19 heavy (non-hydrogen) atoms. The van der Waals surface area contributed by atoms with Crippen LogP contribution in [0.2, 0.25) is 0 Å². The van der Waals surface area contributed by atoms with Gasteiger partial charge < -0.3 is 5.73 Å². The maximum atomic E-state index is 13.9. The van der Waals surface area contributed by atoms with Crippen LogP contribution in [0.1, 0.15) is 18.0 Å². The van der Waals surface area contributed by atoms with Crippen LogP contribution in [-0.4, -0.2) is 25.0 Å². The first-order valence-corrected chi connectivity index (χ1v) is 6.59. The van der Waals surface area contributed by atoms with E-state index < -0.39 is 39.3 Å². The van der Waals surface area contributed by atoms with Gasteiger partial charge in [-0.3, -0.25) is 4.90 Å². The summed E-state index contributed by atoms with van der Waals surface area (Å²) in [5.74, 6) is -5.44. The van der Waals surface area contributed by atoms with E-state index in [1.54, 1.807) is 11.9 Å². The molecule has 0 saturated carbocycles. The summed E-state index contributed by atoms with van der Waals surface area (Å²) in [6.07, 6.45) is 0.376. The Bertz CT molecular complexity index is 480. The van der Waals surface area contributed by atoms with Gasteiger partial charge in [0.05, 0.1) is 4.47 Å². The number of likely N-dealkylation sites (tertiary alicyclic amines) is 1. The Morgan fingerprint density at radius 1 is 1.16 bits per heavy atom. The Morgan fingerprint density at radius 3 is 2.11 bits per heavy atom. The number of nitrogens with zero attached hydrogens (tertiary/aromatic N) is 1. The molecule has 2 unspecified atom stereocenters. The lowest BCUT2D eigenvalue weighted by atomic mass is 9.98. The quantitative estimate of drug-likeness (QED) is 0.509. The van der Waals surface area contributed by atoms with Crippen LogP contribution in [0, 0.1) is 29.2 Å². The normalized spacial score (nSPS) is 24.2. The van der Waals surface area contributed by atoms with Gasteiger partial charge in [0.1, 0.15) is 0 Å². The molecule has 1 aromatic rings. The maximum Gasteiger partial charge on any atom is 0.176 e. The molecular weight excluding hydrogens is 328 g/mol. The number of hydrogen-bond donors (Lipinski definition) is 1. The fourth-order valence-electron chi connectivity index (χ4n) is 2.53. The molecule has 0 aliphatic carbocycles. The van der Waals surface area contributed by atoms with Crippen molar-refractivity contribution in [1.29, 1.82) is 0 Å². The van der Waals surface area contributed by atoms with Crippen LogP contribution in [0.25, 0.3) is 0 Å². The molecule has 1 aliphatic rings. The molecule has 0 radical (unpaired) electrons. The highest BCUT2D eigenvalue weighted by Gasteiger charge is 2.36. The molecule has 0 spiro atoms. The largest absolute Gasteiger partial charge is 0.330 e. The molecule has 1 heterocycles. The van der Waals surface area contributed by atoms with Crippen molar-refractivity contribution >= 4 is 15.9 Å². The number of nitrogens with two attached hydrogens (primary N) is 1. The highest BCUT2D eigenvalue weighted by molar-refractivity contribution is 9.10. The average Bonchev–Trinajstić information content (AvgIpc) is 2.76. The van der Waals surface area contributed by atoms with E-state index in [1.807, 2.05) is 0 Å². The van der Waals surface area contributed by atoms with Crippen molar-refractivity contribution in [2.75, 3.05) is 20.1 Å². The lowest BCUT2D eigenvalue weighted by Crippen LogP contribution is -2.22. The van der Waals surface area contributed by atoms with Gasteiger partial charge in [0.15, 0.2) is 23.3 Å². The summed E-state index contributed by atoms with van der Waals surface area (Å²) >= 11 is 2.50. The molecule has 1 saturated heterocycles. The third kappa shape index (κ3) is 2.39. The molecule has 2 nitrogen and oxygen atoms in total. The van der Waals surface area contributed by atoms with Crippen molar-refractivity contribution in [1.82, 2.24) is 4.90 Å². The highest BCUT2D eigenvalue weighted by Crippen LogP contribution is 2.39. The van der Waals surface area contributed by atoms with E-state index in [4.69, 9.17) is 5.73 Å². The van der Waals surface area contributed by atoms with Gasteiger partial charge in [-0.05, 0) is 41.9 Å². The molecule has 1 fully saturated rings. The monoisotopic (exact) mass is 340 g/mol. The maximum absolute atomic E-state index is 13.9. The minimum atomic E-state index is -1.40. The van der Waals surface area contributed by atoms with E-state index in [1.165, 1.54) is 0 Å². The molecule has 1 aliphatic heterocycles. The summed E-state index contributed by atoms with van der Waals surface area (Å²) in [4.78, 5) is 1.66. The first kappa shape index (κ1) is 14.7. The van der Waals surface area contributed by atoms with Crippen molar-refractivity contribution in [2.24, 2.45) is 11.7 Å². The SMILES string of the molecule is CN1CC(CN)CC1c1c(F)c(F)c(Br)c(F)c1F. The number of hydrogen-bond acceptors (Lipinski definition) is 2. The van der Waals surface area contributed by atoms with Gasteiger partial charge >= 0.3 is 0 Å². The summed E-state index contributed by atoms with van der Waals surface area (Å²) in [6.45, 7) is 0.908. The van der Waals surface area contributed by atoms with Crippen molar-refractivity contribution in [3.63, 3.8) is 0 Å². The van der Waals surface area contributed by atoms with Gasteiger partial charge in [-0.15, -0.1) is 0 Å². The number of benzene rings is 1. The van der Waals surface area contributed by atoms with Crippen molar-refractivity contribution in [3.05, 3.63) is 33.3 Å². The van der Waals surface area contributed by atoms with E-state index in [2.05, 4.69) is 15.9 Å². The lowest BCUT2D eigenvalue weighted by molar-refractivity contribution is 0.290. The summed E-state index contributed by atoms with van der Waals surface area (Å²) in [7, 11) is 1.65. The summed E-state index contributed by atoms with van der Waals surface area (Å²) in [6, 6.07) is -0.703. The number of halogens is 5. The van der Waals surface area contributed by atoms with Gasteiger partial charge in [0.2, 0.25) is 0 Å². The lowest BCUT2D eigenvalue weighted by Gasteiger charge is -2.21. The fraction of sp³-hybridized carbons (Fsp3) is 0.500. The Hall–Kier alpha value is -0.660. The minimum absolute atomic E-state index is 0.0589. The Labute approximate surface area is 116 Å². The fourth-order valence-corrected chi connectivity index (χ4v) is 2.88. The van der Waals surface area contributed by atoms with Gasteiger partial charge in [0, 0.05) is 18.2 Å². The van der Waals surface area contributed by atoms with Crippen LogP contribution in [0.4, 0.5) is 17.6 Å². The molecule has 0 bridgehead atoms. The van der Waals surface area contributed by atoms with Crippen molar-refractivity contribution in [3.8, 4) is 0 Å². The zero-order valence-electron chi connectivity index (χ0n) is 10.2. The Balaban J connectivity index is 2.52. The van der Waals surface area contributed by atoms with Crippen LogP contribution in [0.5, 0.6) is 0 Å². The standard InChI is InChI=1S/C12H13BrF4N2/c1-19-4-5(3-18)2-6(19)7-9(14)11(16)8(13)12(17)10(7)15/h5-6H,2-4,18H2,1H3. The molecular formula is C12H13BrF4N2. The molecule has 2 N–H and O–H groups in total.